The van der Waals surface area contributed by atoms with Gasteiger partial charge in [0.25, 0.3) is 0 Å². The number of rotatable bonds is 2. The van der Waals surface area contributed by atoms with Gasteiger partial charge in [-0.05, 0) is 20.8 Å². The fourth-order valence-electron chi connectivity index (χ4n) is 1.06. The number of imidazole rings is 1. The number of hydrogen-bond acceptors (Lipinski definition) is 4. The third-order valence-electron chi connectivity index (χ3n) is 1.88. The lowest BCUT2D eigenvalue weighted by Crippen LogP contribution is -2.26. The van der Waals surface area contributed by atoms with Crippen molar-refractivity contribution < 1.29 is 14.3 Å². The van der Waals surface area contributed by atoms with Gasteiger partial charge in [0, 0.05) is 6.20 Å². The molecule has 1 unspecified atom stereocenters. The summed E-state index contributed by atoms with van der Waals surface area (Å²) in [4.78, 5) is 26.1. The Bertz CT molecular complexity index is 390. The van der Waals surface area contributed by atoms with Gasteiger partial charge in [-0.2, -0.15) is 0 Å². The van der Waals surface area contributed by atoms with Gasteiger partial charge in [0.15, 0.2) is 0 Å². The van der Waals surface area contributed by atoms with Crippen LogP contribution in [0.25, 0.3) is 0 Å². The van der Waals surface area contributed by atoms with Crippen molar-refractivity contribution in [3.8, 4) is 0 Å². The summed E-state index contributed by atoms with van der Waals surface area (Å²) >= 11 is 0. The molecule has 0 saturated heterocycles. The number of hydrogen-bond donors (Lipinski definition) is 0. The second kappa shape index (κ2) is 4.47. The molecular formula is C11H16N2O3. The van der Waals surface area contributed by atoms with Crippen LogP contribution in [0.5, 0.6) is 0 Å². The molecule has 1 aromatic rings. The first-order valence-electron chi connectivity index (χ1n) is 5.06. The SMILES string of the molecule is CC(C=O)c1cn(C(=O)OC(C)(C)C)cn1. The quantitative estimate of drug-likeness (QED) is 0.720. The molecule has 1 atom stereocenters. The van der Waals surface area contributed by atoms with E-state index in [0.29, 0.717) is 5.69 Å². The highest BCUT2D eigenvalue weighted by molar-refractivity contribution is 5.71. The minimum atomic E-state index is -0.544. The molecule has 5 nitrogen and oxygen atoms in total. The zero-order valence-corrected chi connectivity index (χ0v) is 9.93. The average molecular weight is 224 g/mol. The molecule has 0 aliphatic rings. The van der Waals surface area contributed by atoms with Crippen LogP contribution in [0.1, 0.15) is 39.3 Å². The Hall–Kier alpha value is -1.65. The van der Waals surface area contributed by atoms with Gasteiger partial charge in [-0.3, -0.25) is 0 Å². The zero-order chi connectivity index (χ0) is 12.3. The molecule has 0 aliphatic carbocycles. The molecule has 1 heterocycles. The van der Waals surface area contributed by atoms with Gasteiger partial charge in [0.05, 0.1) is 11.6 Å². The van der Waals surface area contributed by atoms with Crippen LogP contribution in [0.3, 0.4) is 0 Å². The number of carbonyl (C=O) groups is 2. The molecule has 0 radical (unpaired) electrons. The van der Waals surface area contributed by atoms with Crippen molar-refractivity contribution in [2.24, 2.45) is 0 Å². The normalized spacial score (nSPS) is 13.2. The summed E-state index contributed by atoms with van der Waals surface area (Å²) < 4.78 is 6.38. The highest BCUT2D eigenvalue weighted by Crippen LogP contribution is 2.12. The Labute approximate surface area is 94.4 Å². The van der Waals surface area contributed by atoms with Crippen LogP contribution >= 0.6 is 0 Å². The first kappa shape index (κ1) is 12.4. The molecule has 0 N–H and O–H groups in total. The molecule has 0 aromatic carbocycles. The zero-order valence-electron chi connectivity index (χ0n) is 9.93. The fourth-order valence-corrected chi connectivity index (χ4v) is 1.06. The predicted molar refractivity (Wildman–Crippen MR) is 58.3 cm³/mol. The summed E-state index contributed by atoms with van der Waals surface area (Å²) in [5, 5.41) is 0. The van der Waals surface area contributed by atoms with Crippen molar-refractivity contribution in [1.82, 2.24) is 9.55 Å². The summed E-state index contributed by atoms with van der Waals surface area (Å²) in [6.45, 7) is 7.08. The molecule has 0 fully saturated rings. The Morgan fingerprint density at radius 3 is 2.69 bits per heavy atom. The minimum absolute atomic E-state index is 0.316. The van der Waals surface area contributed by atoms with Crippen molar-refractivity contribution in [3.05, 3.63) is 18.2 Å². The molecule has 0 spiro atoms. The maximum absolute atomic E-state index is 11.6. The van der Waals surface area contributed by atoms with Crippen LogP contribution in [0.4, 0.5) is 4.79 Å². The number of nitrogens with zero attached hydrogens (tertiary/aromatic N) is 2. The van der Waals surface area contributed by atoms with E-state index in [1.807, 2.05) is 0 Å². The van der Waals surface area contributed by atoms with Gasteiger partial charge in [0.2, 0.25) is 0 Å². The van der Waals surface area contributed by atoms with Crippen LogP contribution in [-0.2, 0) is 9.53 Å². The van der Waals surface area contributed by atoms with E-state index in [4.69, 9.17) is 4.74 Å². The van der Waals surface area contributed by atoms with E-state index in [1.54, 1.807) is 27.7 Å². The molecule has 88 valence electrons. The average Bonchev–Trinajstić information content (AvgIpc) is 2.62. The van der Waals surface area contributed by atoms with E-state index >= 15 is 0 Å². The van der Waals surface area contributed by atoms with Crippen molar-refractivity contribution in [2.45, 2.75) is 39.2 Å². The Balaban J connectivity index is 2.78. The van der Waals surface area contributed by atoms with Crippen molar-refractivity contribution >= 4 is 12.4 Å². The first-order chi connectivity index (χ1) is 7.33. The van der Waals surface area contributed by atoms with E-state index in [0.717, 1.165) is 6.29 Å². The van der Waals surface area contributed by atoms with Crippen molar-refractivity contribution in [2.75, 3.05) is 0 Å². The van der Waals surface area contributed by atoms with Gasteiger partial charge >= 0.3 is 6.09 Å². The Morgan fingerprint density at radius 1 is 1.56 bits per heavy atom. The summed E-state index contributed by atoms with van der Waals surface area (Å²) in [6.07, 6.45) is 3.14. The molecule has 16 heavy (non-hydrogen) atoms. The predicted octanol–water partition coefficient (Wildman–Crippen LogP) is 1.97. The second-order valence-electron chi connectivity index (χ2n) is 4.61. The highest BCUT2D eigenvalue weighted by Gasteiger charge is 2.18. The van der Waals surface area contributed by atoms with Gasteiger partial charge in [-0.15, -0.1) is 0 Å². The van der Waals surface area contributed by atoms with Crippen molar-refractivity contribution in [3.63, 3.8) is 0 Å². The number of aromatic nitrogens is 2. The van der Waals surface area contributed by atoms with Crippen LogP contribution < -0.4 is 0 Å². The lowest BCUT2D eigenvalue weighted by atomic mass is 10.1. The summed E-state index contributed by atoms with van der Waals surface area (Å²) in [5.74, 6) is -0.316. The van der Waals surface area contributed by atoms with Gasteiger partial charge < -0.3 is 9.53 Å². The Morgan fingerprint density at radius 2 is 2.19 bits per heavy atom. The lowest BCUT2D eigenvalue weighted by molar-refractivity contribution is -0.108. The van der Waals surface area contributed by atoms with Crippen molar-refractivity contribution in [1.29, 1.82) is 0 Å². The minimum Gasteiger partial charge on any atom is -0.443 e. The molecule has 1 rings (SSSR count). The van der Waals surface area contributed by atoms with Gasteiger partial charge in [0.1, 0.15) is 18.2 Å². The molecule has 0 saturated carbocycles. The van der Waals surface area contributed by atoms with E-state index in [2.05, 4.69) is 4.98 Å². The fraction of sp³-hybridized carbons (Fsp3) is 0.545. The van der Waals surface area contributed by atoms with Gasteiger partial charge in [-0.25, -0.2) is 14.3 Å². The molecule has 1 aromatic heterocycles. The number of aldehydes is 1. The Kier molecular flexibility index (Phi) is 3.47. The molecule has 0 amide bonds. The van der Waals surface area contributed by atoms with Gasteiger partial charge in [-0.1, -0.05) is 6.92 Å². The van der Waals surface area contributed by atoms with E-state index < -0.39 is 11.7 Å². The smallest absolute Gasteiger partial charge is 0.419 e. The van der Waals surface area contributed by atoms with E-state index in [1.165, 1.54) is 17.1 Å². The van der Waals surface area contributed by atoms with Crippen LogP contribution in [-0.4, -0.2) is 27.5 Å². The summed E-state index contributed by atoms with van der Waals surface area (Å²) in [6, 6.07) is 0. The monoisotopic (exact) mass is 224 g/mol. The van der Waals surface area contributed by atoms with E-state index in [-0.39, 0.29) is 5.92 Å². The number of carbonyl (C=O) groups excluding carboxylic acids is 2. The third-order valence-corrected chi connectivity index (χ3v) is 1.88. The second-order valence-corrected chi connectivity index (χ2v) is 4.61. The molecule has 0 aliphatic heterocycles. The van der Waals surface area contributed by atoms with Crippen LogP contribution in [0.15, 0.2) is 12.5 Å². The first-order valence-corrected chi connectivity index (χ1v) is 5.06. The molecule has 5 heteroatoms. The third kappa shape index (κ3) is 3.18. The van der Waals surface area contributed by atoms with Crippen LogP contribution in [0.2, 0.25) is 0 Å². The topological polar surface area (TPSA) is 61.2 Å². The lowest BCUT2D eigenvalue weighted by Gasteiger charge is -2.19. The maximum Gasteiger partial charge on any atom is 0.419 e. The molecular weight excluding hydrogens is 208 g/mol. The largest absolute Gasteiger partial charge is 0.443 e. The van der Waals surface area contributed by atoms with E-state index in [9.17, 15) is 9.59 Å². The number of ether oxygens (including phenoxy) is 1. The highest BCUT2D eigenvalue weighted by atomic mass is 16.6. The summed E-state index contributed by atoms with van der Waals surface area (Å²) in [7, 11) is 0. The van der Waals surface area contributed by atoms with Crippen LogP contribution in [0, 0.1) is 0 Å². The molecule has 0 bridgehead atoms. The summed E-state index contributed by atoms with van der Waals surface area (Å²) in [5.41, 5.74) is 0.0125. The standard InChI is InChI=1S/C11H16N2O3/c1-8(6-14)9-5-13(7-12-9)10(15)16-11(2,3)4/h5-8H,1-4H3. The maximum atomic E-state index is 11.6.